The Morgan fingerprint density at radius 2 is 2.29 bits per heavy atom. The number of carbonyl (C=O) groups excluding carboxylic acids is 1. The molecule has 0 radical (unpaired) electrons. The van der Waals surface area contributed by atoms with Crippen molar-refractivity contribution in [1.29, 1.82) is 0 Å². The number of benzene rings is 1. The highest BCUT2D eigenvalue weighted by molar-refractivity contribution is 5.74. The van der Waals surface area contributed by atoms with Crippen molar-refractivity contribution in [3.63, 3.8) is 0 Å². The number of hydrogen-bond donors (Lipinski definition) is 2. The molecule has 0 aromatic heterocycles. The molecule has 14 heavy (non-hydrogen) atoms. The predicted molar refractivity (Wildman–Crippen MR) is 52.2 cm³/mol. The van der Waals surface area contributed by atoms with Crippen LogP contribution in [0.2, 0.25) is 0 Å². The van der Waals surface area contributed by atoms with Crippen molar-refractivity contribution in [3.8, 4) is 11.5 Å². The number of carbonyl (C=O) groups is 1. The molecule has 0 aliphatic carbocycles. The maximum atomic E-state index is 10.5. The molecule has 0 saturated carbocycles. The molecule has 0 spiro atoms. The van der Waals surface area contributed by atoms with Crippen LogP contribution in [0.1, 0.15) is 12.0 Å². The Balaban J connectivity index is 2.73. The van der Waals surface area contributed by atoms with Crippen LogP contribution < -0.4 is 10.5 Å². The lowest BCUT2D eigenvalue weighted by atomic mass is 10.1. The number of rotatable bonds is 4. The average Bonchev–Trinajstić information content (AvgIpc) is 2.15. The molecule has 0 aliphatic rings. The molecule has 3 N–H and O–H groups in total. The molecule has 0 heterocycles. The minimum absolute atomic E-state index is 0.130. The lowest BCUT2D eigenvalue weighted by molar-refractivity contribution is -0.117. The van der Waals surface area contributed by atoms with E-state index >= 15 is 0 Å². The van der Waals surface area contributed by atoms with E-state index in [9.17, 15) is 9.90 Å². The van der Waals surface area contributed by atoms with Gasteiger partial charge in [0.2, 0.25) is 5.91 Å². The fraction of sp³-hybridized carbons (Fsp3) is 0.300. The van der Waals surface area contributed by atoms with Crippen LogP contribution in [-0.4, -0.2) is 18.1 Å². The molecule has 0 aliphatic heterocycles. The normalized spacial score (nSPS) is 9.79. The lowest BCUT2D eigenvalue weighted by Gasteiger charge is -2.05. The number of phenolic OH excluding ortho intramolecular Hbond substituents is 1. The summed E-state index contributed by atoms with van der Waals surface area (Å²) in [5, 5.41) is 9.50. The maximum Gasteiger partial charge on any atom is 0.217 e. The molecule has 0 unspecified atom stereocenters. The highest BCUT2D eigenvalue weighted by Crippen LogP contribution is 2.24. The molecular formula is C10H13NO3. The SMILES string of the molecule is COc1ccc(CCC(N)=O)c(O)c1. The van der Waals surface area contributed by atoms with Crippen LogP contribution in [0.3, 0.4) is 0 Å². The van der Waals surface area contributed by atoms with Gasteiger partial charge in [-0.15, -0.1) is 0 Å². The second kappa shape index (κ2) is 4.50. The summed E-state index contributed by atoms with van der Waals surface area (Å²) in [5.74, 6) is 0.344. The number of primary amides is 1. The standard InChI is InChI=1S/C10H13NO3/c1-14-8-4-2-7(9(12)6-8)3-5-10(11)13/h2,4,6,12H,3,5H2,1H3,(H2,11,13). The van der Waals surface area contributed by atoms with Crippen LogP contribution in [0.25, 0.3) is 0 Å². The average molecular weight is 195 g/mol. The van der Waals surface area contributed by atoms with Gasteiger partial charge in [0, 0.05) is 12.5 Å². The zero-order chi connectivity index (χ0) is 10.6. The molecule has 0 saturated heterocycles. The smallest absolute Gasteiger partial charge is 0.217 e. The van der Waals surface area contributed by atoms with Gasteiger partial charge in [-0.25, -0.2) is 0 Å². The van der Waals surface area contributed by atoms with Crippen LogP contribution in [-0.2, 0) is 11.2 Å². The third-order valence-corrected chi connectivity index (χ3v) is 1.93. The fourth-order valence-electron chi connectivity index (χ4n) is 1.14. The summed E-state index contributed by atoms with van der Waals surface area (Å²) in [4.78, 5) is 10.5. The van der Waals surface area contributed by atoms with Gasteiger partial charge >= 0.3 is 0 Å². The van der Waals surface area contributed by atoms with E-state index in [0.717, 1.165) is 0 Å². The Bertz CT molecular complexity index is 336. The quantitative estimate of drug-likeness (QED) is 0.747. The van der Waals surface area contributed by atoms with Crippen LogP contribution >= 0.6 is 0 Å². The summed E-state index contributed by atoms with van der Waals surface area (Å²) in [7, 11) is 1.53. The molecular weight excluding hydrogens is 182 g/mol. The van der Waals surface area contributed by atoms with Gasteiger partial charge in [-0.05, 0) is 18.1 Å². The topological polar surface area (TPSA) is 72.5 Å². The Morgan fingerprint density at radius 1 is 1.57 bits per heavy atom. The molecule has 76 valence electrons. The van der Waals surface area contributed by atoms with Gasteiger partial charge < -0.3 is 15.6 Å². The predicted octanol–water partition coefficient (Wildman–Crippen LogP) is 0.819. The van der Waals surface area contributed by atoms with Crippen molar-refractivity contribution in [2.24, 2.45) is 5.73 Å². The fourth-order valence-corrected chi connectivity index (χ4v) is 1.14. The first kappa shape index (κ1) is 10.4. The van der Waals surface area contributed by atoms with E-state index in [1.54, 1.807) is 12.1 Å². The molecule has 1 rings (SSSR count). The number of aryl methyl sites for hydroxylation is 1. The van der Waals surface area contributed by atoms with Crippen LogP contribution in [0.15, 0.2) is 18.2 Å². The van der Waals surface area contributed by atoms with E-state index in [1.807, 2.05) is 0 Å². The van der Waals surface area contributed by atoms with Crippen molar-refractivity contribution < 1.29 is 14.6 Å². The summed E-state index contributed by atoms with van der Waals surface area (Å²) < 4.78 is 4.92. The van der Waals surface area contributed by atoms with Crippen molar-refractivity contribution >= 4 is 5.91 Å². The van der Waals surface area contributed by atoms with E-state index < -0.39 is 0 Å². The van der Waals surface area contributed by atoms with Gasteiger partial charge in [0.25, 0.3) is 0 Å². The van der Waals surface area contributed by atoms with E-state index in [2.05, 4.69) is 0 Å². The lowest BCUT2D eigenvalue weighted by Crippen LogP contribution is -2.11. The third-order valence-electron chi connectivity index (χ3n) is 1.93. The van der Waals surface area contributed by atoms with Gasteiger partial charge in [0.15, 0.2) is 0 Å². The summed E-state index contributed by atoms with van der Waals surface area (Å²) in [6.07, 6.45) is 0.686. The molecule has 4 nitrogen and oxygen atoms in total. The first-order valence-corrected chi connectivity index (χ1v) is 4.27. The molecule has 1 amide bonds. The number of hydrogen-bond acceptors (Lipinski definition) is 3. The molecule has 4 heteroatoms. The first-order chi connectivity index (χ1) is 6.63. The largest absolute Gasteiger partial charge is 0.508 e. The van der Waals surface area contributed by atoms with Gasteiger partial charge in [-0.3, -0.25) is 4.79 Å². The summed E-state index contributed by atoms with van der Waals surface area (Å²) in [5.41, 5.74) is 5.70. The van der Waals surface area contributed by atoms with Gasteiger partial charge in [0.1, 0.15) is 11.5 Å². The van der Waals surface area contributed by atoms with Crippen LogP contribution in [0, 0.1) is 0 Å². The minimum Gasteiger partial charge on any atom is -0.508 e. The van der Waals surface area contributed by atoms with Gasteiger partial charge in [-0.1, -0.05) is 6.07 Å². The van der Waals surface area contributed by atoms with Crippen molar-refractivity contribution in [2.75, 3.05) is 7.11 Å². The van der Waals surface area contributed by atoms with Gasteiger partial charge in [0.05, 0.1) is 7.11 Å². The second-order valence-corrected chi connectivity index (χ2v) is 2.96. The number of amides is 1. The number of ether oxygens (including phenoxy) is 1. The summed E-state index contributed by atoms with van der Waals surface area (Å²) >= 11 is 0. The highest BCUT2D eigenvalue weighted by atomic mass is 16.5. The van der Waals surface area contributed by atoms with E-state index in [-0.39, 0.29) is 18.1 Å². The monoisotopic (exact) mass is 195 g/mol. The van der Waals surface area contributed by atoms with Gasteiger partial charge in [-0.2, -0.15) is 0 Å². The molecule has 1 aromatic rings. The molecule has 1 aromatic carbocycles. The first-order valence-electron chi connectivity index (χ1n) is 4.27. The number of nitrogens with two attached hydrogens (primary N) is 1. The van der Waals surface area contributed by atoms with E-state index in [4.69, 9.17) is 10.5 Å². The van der Waals surface area contributed by atoms with Crippen molar-refractivity contribution in [2.45, 2.75) is 12.8 Å². The third kappa shape index (κ3) is 2.65. The van der Waals surface area contributed by atoms with Crippen molar-refractivity contribution in [1.82, 2.24) is 0 Å². The molecule has 0 fully saturated rings. The Kier molecular flexibility index (Phi) is 3.34. The molecule has 0 atom stereocenters. The Hall–Kier alpha value is -1.71. The second-order valence-electron chi connectivity index (χ2n) is 2.96. The maximum absolute atomic E-state index is 10.5. The Morgan fingerprint density at radius 3 is 2.79 bits per heavy atom. The van der Waals surface area contributed by atoms with E-state index in [1.165, 1.54) is 13.2 Å². The zero-order valence-corrected chi connectivity index (χ0v) is 7.99. The number of methoxy groups -OCH3 is 1. The van der Waals surface area contributed by atoms with Crippen LogP contribution in [0.4, 0.5) is 0 Å². The molecule has 0 bridgehead atoms. The van der Waals surface area contributed by atoms with Crippen LogP contribution in [0.5, 0.6) is 11.5 Å². The van der Waals surface area contributed by atoms with Crippen molar-refractivity contribution in [3.05, 3.63) is 23.8 Å². The minimum atomic E-state index is -0.375. The summed E-state index contributed by atoms with van der Waals surface area (Å²) in [6, 6.07) is 4.96. The summed E-state index contributed by atoms with van der Waals surface area (Å²) in [6.45, 7) is 0. The highest BCUT2D eigenvalue weighted by Gasteiger charge is 2.04. The number of phenols is 1. The number of aromatic hydroxyl groups is 1. The Labute approximate surface area is 82.3 Å². The van der Waals surface area contributed by atoms with E-state index in [0.29, 0.717) is 17.7 Å². The zero-order valence-electron chi connectivity index (χ0n) is 7.99.